The zero-order valence-electron chi connectivity index (χ0n) is 30.4. The summed E-state index contributed by atoms with van der Waals surface area (Å²) in [6, 6.07) is 4.41. The highest BCUT2D eigenvalue weighted by Gasteiger charge is 2.41. The smallest absolute Gasteiger partial charge is 0.390 e. The number of hydrogen-bond acceptors (Lipinski definition) is 11. The first-order valence-corrected chi connectivity index (χ1v) is 17.7. The summed E-state index contributed by atoms with van der Waals surface area (Å²) in [5, 5.41) is 14.9. The lowest BCUT2D eigenvalue weighted by Gasteiger charge is -2.43. The maximum absolute atomic E-state index is 14.6. The van der Waals surface area contributed by atoms with Crippen molar-refractivity contribution in [1.82, 2.24) is 29.4 Å². The number of aryl methyl sites for hydroxylation is 1. The van der Waals surface area contributed by atoms with Gasteiger partial charge in [-0.05, 0) is 41.0 Å². The van der Waals surface area contributed by atoms with E-state index in [0.29, 0.717) is 66.3 Å². The van der Waals surface area contributed by atoms with Crippen LogP contribution in [0.4, 0.5) is 33.8 Å². The number of nitro groups is 1. The van der Waals surface area contributed by atoms with Crippen LogP contribution in [0.1, 0.15) is 24.1 Å². The summed E-state index contributed by atoms with van der Waals surface area (Å²) < 4.78 is 13.0. The van der Waals surface area contributed by atoms with Gasteiger partial charge in [0.2, 0.25) is 18.2 Å². The van der Waals surface area contributed by atoms with Gasteiger partial charge < -0.3 is 38.9 Å². The second-order valence-electron chi connectivity index (χ2n) is 13.5. The average Bonchev–Trinajstić information content (AvgIpc) is 3.51. The Bertz CT molecular complexity index is 2060. The van der Waals surface area contributed by atoms with Crippen molar-refractivity contribution >= 4 is 64.1 Å². The van der Waals surface area contributed by atoms with Crippen molar-refractivity contribution in [3.05, 3.63) is 86.7 Å². The van der Waals surface area contributed by atoms with Gasteiger partial charge in [0.05, 0.1) is 59.0 Å². The highest BCUT2D eigenvalue weighted by Crippen LogP contribution is 2.48. The number of likely N-dealkylation sites (N-methyl/N-ethyl adjacent to an activating group) is 1. The number of amides is 3. The van der Waals surface area contributed by atoms with E-state index in [9.17, 15) is 19.7 Å². The van der Waals surface area contributed by atoms with E-state index >= 15 is 0 Å². The SMILES string of the molecule is COc1cc(OC)c(Cl)c(N2Cc3cnc(Nc4cccnc4)nc3N(C3CCN(C(=O)/C=C/C[N+](C)(C)Cc4c([N+](=O)[O-])ncn4C)CC3)C2=O)c1Cl. The number of ether oxygens (including phenoxy) is 2. The highest BCUT2D eigenvalue weighted by molar-refractivity contribution is 6.42. The molecule has 54 heavy (non-hydrogen) atoms. The molecule has 1 aromatic carbocycles. The molecule has 284 valence electrons. The number of anilines is 4. The molecule has 0 unspecified atom stereocenters. The molecular formula is C35H40Cl2N11O6+. The molecule has 4 aromatic rings. The number of pyridine rings is 1. The van der Waals surface area contributed by atoms with Gasteiger partial charge in [0.1, 0.15) is 33.9 Å². The van der Waals surface area contributed by atoms with E-state index in [1.54, 1.807) is 58.2 Å². The van der Waals surface area contributed by atoms with E-state index in [0.717, 1.165) is 0 Å². The third-order valence-corrected chi connectivity index (χ3v) is 10.1. The Balaban J connectivity index is 1.22. The average molecular weight is 782 g/mol. The van der Waals surface area contributed by atoms with Crippen molar-refractivity contribution in [2.45, 2.75) is 32.0 Å². The first-order valence-electron chi connectivity index (χ1n) is 17.0. The highest BCUT2D eigenvalue weighted by atomic mass is 35.5. The first kappa shape index (κ1) is 38.2. The van der Waals surface area contributed by atoms with Crippen LogP contribution in [0.2, 0.25) is 10.0 Å². The molecule has 1 saturated heterocycles. The minimum Gasteiger partial charge on any atom is -0.495 e. The number of nitrogens with one attached hydrogen (secondary N) is 1. The molecule has 2 aliphatic heterocycles. The summed E-state index contributed by atoms with van der Waals surface area (Å²) in [7, 11) is 8.50. The number of nitrogens with zero attached hydrogens (tertiary/aromatic N) is 10. The van der Waals surface area contributed by atoms with E-state index < -0.39 is 11.0 Å². The molecule has 3 aromatic heterocycles. The fraction of sp³-hybridized carbons (Fsp3) is 0.371. The number of fused-ring (bicyclic) bond motifs is 1. The number of imidazole rings is 1. The van der Waals surface area contributed by atoms with Crippen LogP contribution in [-0.2, 0) is 24.9 Å². The van der Waals surface area contributed by atoms with Gasteiger partial charge in [0.25, 0.3) is 0 Å². The number of carbonyl (C=O) groups is 2. The molecule has 0 saturated carbocycles. The number of urea groups is 1. The van der Waals surface area contributed by atoms with Gasteiger partial charge in [-0.1, -0.05) is 23.2 Å². The Hall–Kier alpha value is -5.52. The molecule has 0 atom stereocenters. The zero-order valence-corrected chi connectivity index (χ0v) is 31.9. The molecule has 0 bridgehead atoms. The lowest BCUT2D eigenvalue weighted by molar-refractivity contribution is -0.898. The maximum Gasteiger partial charge on any atom is 0.390 e. The summed E-state index contributed by atoms with van der Waals surface area (Å²) in [6.07, 6.45) is 10.6. The lowest BCUT2D eigenvalue weighted by atomic mass is 10.0. The predicted octanol–water partition coefficient (Wildman–Crippen LogP) is 5.35. The van der Waals surface area contributed by atoms with Crippen molar-refractivity contribution in [3.63, 3.8) is 0 Å². The van der Waals surface area contributed by atoms with Gasteiger partial charge in [-0.3, -0.25) is 19.6 Å². The second-order valence-corrected chi connectivity index (χ2v) is 14.3. The Labute approximate surface area is 321 Å². The van der Waals surface area contributed by atoms with E-state index in [4.69, 9.17) is 37.7 Å². The molecule has 3 amide bonds. The Morgan fingerprint density at radius 3 is 2.46 bits per heavy atom. The first-order chi connectivity index (χ1) is 25.8. The van der Waals surface area contributed by atoms with Crippen molar-refractivity contribution in [2.75, 3.05) is 63.1 Å². The molecular weight excluding hydrogens is 741 g/mol. The Morgan fingerprint density at radius 1 is 1.13 bits per heavy atom. The Morgan fingerprint density at radius 2 is 1.83 bits per heavy atom. The molecule has 0 spiro atoms. The van der Waals surface area contributed by atoms with Crippen LogP contribution in [0.3, 0.4) is 0 Å². The number of rotatable bonds is 12. The monoisotopic (exact) mass is 780 g/mol. The number of aromatic nitrogens is 5. The number of benzene rings is 1. The van der Waals surface area contributed by atoms with Crippen LogP contribution in [0.5, 0.6) is 11.5 Å². The molecule has 0 aliphatic carbocycles. The van der Waals surface area contributed by atoms with Gasteiger partial charge in [-0.15, -0.1) is 0 Å². The summed E-state index contributed by atoms with van der Waals surface area (Å²) >= 11 is 13.6. The predicted molar refractivity (Wildman–Crippen MR) is 202 cm³/mol. The minimum atomic E-state index is -0.489. The molecule has 19 heteroatoms. The number of methoxy groups -OCH3 is 2. The topological polar surface area (TPSA) is 174 Å². The van der Waals surface area contributed by atoms with Crippen LogP contribution in [0, 0.1) is 10.1 Å². The van der Waals surface area contributed by atoms with Gasteiger partial charge in [-0.2, -0.15) is 4.98 Å². The number of piperidine rings is 1. The number of carbonyl (C=O) groups excluding carboxylic acids is 2. The molecule has 1 fully saturated rings. The Kier molecular flexibility index (Phi) is 11.2. The summed E-state index contributed by atoms with van der Waals surface area (Å²) in [4.78, 5) is 61.1. The van der Waals surface area contributed by atoms with E-state index in [2.05, 4.69) is 20.3 Å². The molecule has 5 heterocycles. The molecule has 0 radical (unpaired) electrons. The fourth-order valence-electron chi connectivity index (χ4n) is 6.55. The van der Waals surface area contributed by atoms with Crippen molar-refractivity contribution in [1.29, 1.82) is 0 Å². The maximum atomic E-state index is 14.6. The quantitative estimate of drug-likeness (QED) is 0.0850. The van der Waals surface area contributed by atoms with Gasteiger partial charge >= 0.3 is 11.8 Å². The summed E-state index contributed by atoms with van der Waals surface area (Å²) in [6.45, 7) is 1.63. The third-order valence-electron chi connectivity index (χ3n) is 9.36. The van der Waals surface area contributed by atoms with Crippen LogP contribution >= 0.6 is 23.2 Å². The zero-order chi connectivity index (χ0) is 38.7. The van der Waals surface area contributed by atoms with Crippen LogP contribution < -0.4 is 24.6 Å². The standard InChI is InChI=1S/C35H40Cl2N11O6/c1-43-21-40-33(47(51)52)25(43)20-48(2,3)15-7-9-28(49)44-13-10-24(11-14-44)46-32-22(17-39-34(42-32)41-23-8-6-12-38-18-23)19-45(35(46)50)31-29(36)26(53-4)16-27(54-5)30(31)37/h6-9,12,16-18,21,24H,10-11,13-15,19-20H2,1-5H3,(H,39,41,42)/q+1/b9-7+. The summed E-state index contributed by atoms with van der Waals surface area (Å²) in [5.41, 5.74) is 2.05. The van der Waals surface area contributed by atoms with Crippen molar-refractivity contribution < 1.29 is 28.5 Å². The van der Waals surface area contributed by atoms with Gasteiger partial charge in [-0.25, -0.2) is 9.78 Å². The molecule has 1 N–H and O–H groups in total. The van der Waals surface area contributed by atoms with Crippen molar-refractivity contribution in [2.24, 2.45) is 7.05 Å². The van der Waals surface area contributed by atoms with Gasteiger partial charge in [0.15, 0.2) is 5.69 Å². The molecule has 2 aliphatic rings. The lowest BCUT2D eigenvalue weighted by Crippen LogP contribution is -2.55. The van der Waals surface area contributed by atoms with E-state index in [1.165, 1.54) is 31.5 Å². The normalized spacial score (nSPS) is 15.1. The number of likely N-dealkylation sites (tertiary alicyclic amines) is 1. The van der Waals surface area contributed by atoms with E-state index in [-0.39, 0.29) is 57.5 Å². The largest absolute Gasteiger partial charge is 0.495 e. The van der Waals surface area contributed by atoms with Gasteiger partial charge in [0, 0.05) is 56.3 Å². The molecule has 17 nitrogen and oxygen atoms in total. The minimum absolute atomic E-state index is 0.0680. The van der Waals surface area contributed by atoms with E-state index in [1.807, 2.05) is 20.2 Å². The molecule has 6 rings (SSSR count). The van der Waals surface area contributed by atoms with Crippen LogP contribution in [0.25, 0.3) is 0 Å². The van der Waals surface area contributed by atoms with Crippen molar-refractivity contribution in [3.8, 4) is 11.5 Å². The van der Waals surface area contributed by atoms with Crippen LogP contribution in [-0.4, -0.2) is 105 Å². The third kappa shape index (κ3) is 7.88. The fourth-order valence-corrected chi connectivity index (χ4v) is 7.26. The van der Waals surface area contributed by atoms with Crippen LogP contribution in [0.15, 0.2) is 55.3 Å². The number of hydrogen-bond donors (Lipinski definition) is 1. The number of quaternary nitrogens is 1. The number of halogens is 2. The summed E-state index contributed by atoms with van der Waals surface area (Å²) in [5.74, 6) is 0.935. The second kappa shape index (κ2) is 15.8.